The fourth-order valence-corrected chi connectivity index (χ4v) is 4.30. The molecule has 156 valence electrons. The van der Waals surface area contributed by atoms with E-state index in [2.05, 4.69) is 26.2 Å². The van der Waals surface area contributed by atoms with E-state index in [1.807, 2.05) is 31.2 Å². The number of amides is 1. The van der Waals surface area contributed by atoms with Gasteiger partial charge < -0.3 is 10.4 Å². The second-order valence-electron chi connectivity index (χ2n) is 6.88. The number of hydrogen-bond acceptors (Lipinski definition) is 5. The monoisotopic (exact) mass is 497 g/mol. The Hall–Kier alpha value is -3.30. The average molecular weight is 498 g/mol. The van der Waals surface area contributed by atoms with Crippen molar-refractivity contribution < 1.29 is 14.7 Å². The Balaban J connectivity index is 1.82. The van der Waals surface area contributed by atoms with Crippen molar-refractivity contribution in [2.45, 2.75) is 13.5 Å². The number of nitrogens with zero attached hydrogens (tertiary/aromatic N) is 2. The van der Waals surface area contributed by atoms with Crippen LogP contribution in [0.25, 0.3) is 21.6 Å². The zero-order valence-electron chi connectivity index (χ0n) is 16.3. The van der Waals surface area contributed by atoms with Gasteiger partial charge in [0.15, 0.2) is 0 Å². The van der Waals surface area contributed by atoms with Gasteiger partial charge >= 0.3 is 5.97 Å². The molecule has 2 N–H and O–H groups in total. The lowest BCUT2D eigenvalue weighted by molar-refractivity contribution is -0.116. The van der Waals surface area contributed by atoms with Gasteiger partial charge in [0.2, 0.25) is 5.91 Å². The lowest BCUT2D eigenvalue weighted by Gasteiger charge is -2.13. The van der Waals surface area contributed by atoms with Crippen molar-refractivity contribution in [1.82, 2.24) is 9.55 Å². The third kappa shape index (κ3) is 4.28. The molecule has 31 heavy (non-hydrogen) atoms. The number of carbonyl (C=O) groups excluding carboxylic acids is 1. The van der Waals surface area contributed by atoms with Crippen LogP contribution >= 0.6 is 27.3 Å². The van der Waals surface area contributed by atoms with Crippen LogP contribution in [0, 0.1) is 6.92 Å². The van der Waals surface area contributed by atoms with E-state index in [1.165, 1.54) is 9.95 Å². The lowest BCUT2D eigenvalue weighted by atomic mass is 10.1. The number of fused-ring (bicyclic) bond motifs is 1. The maximum absolute atomic E-state index is 13.3. The zero-order chi connectivity index (χ0) is 22.1. The summed E-state index contributed by atoms with van der Waals surface area (Å²) in [6, 6.07) is 14.4. The van der Waals surface area contributed by atoms with Crippen molar-refractivity contribution in [2.75, 3.05) is 5.32 Å². The number of aromatic nitrogens is 2. The van der Waals surface area contributed by atoms with Gasteiger partial charge in [-0.15, -0.1) is 11.3 Å². The number of carbonyl (C=O) groups is 2. The summed E-state index contributed by atoms with van der Waals surface area (Å²) in [5.41, 5.74) is 1.59. The van der Waals surface area contributed by atoms with Crippen molar-refractivity contribution in [2.24, 2.45) is 0 Å². The highest BCUT2D eigenvalue weighted by Crippen LogP contribution is 2.26. The third-order valence-corrected chi connectivity index (χ3v) is 6.06. The predicted octanol–water partition coefficient (Wildman–Crippen LogP) is 4.53. The number of thiophene rings is 1. The van der Waals surface area contributed by atoms with Crippen LogP contribution in [-0.4, -0.2) is 26.5 Å². The van der Waals surface area contributed by atoms with Gasteiger partial charge in [0.1, 0.15) is 17.2 Å². The summed E-state index contributed by atoms with van der Waals surface area (Å²) in [6.07, 6.45) is 0. The zero-order valence-corrected chi connectivity index (χ0v) is 18.7. The second kappa shape index (κ2) is 8.44. The average Bonchev–Trinajstić information content (AvgIpc) is 3.17. The molecule has 1 amide bonds. The molecular weight excluding hydrogens is 482 g/mol. The predicted molar refractivity (Wildman–Crippen MR) is 124 cm³/mol. The van der Waals surface area contributed by atoms with E-state index in [1.54, 1.807) is 24.3 Å². The number of benzene rings is 2. The minimum Gasteiger partial charge on any atom is -0.478 e. The first-order valence-electron chi connectivity index (χ1n) is 9.21. The Bertz CT molecular complexity index is 1360. The summed E-state index contributed by atoms with van der Waals surface area (Å²) in [4.78, 5) is 42.4. The minimum atomic E-state index is -1.21. The first kappa shape index (κ1) is 21.0. The SMILES string of the molecule is Cc1ccc(-c2nc3scc(C(=O)O)c3c(=O)n2CC(=O)Nc2ccc(Br)cc2)cc1. The molecule has 0 aliphatic rings. The van der Waals surface area contributed by atoms with Crippen molar-refractivity contribution in [3.05, 3.63) is 79.9 Å². The number of aromatic carboxylic acids is 1. The number of carboxylic acid groups (broad SMARTS) is 1. The van der Waals surface area contributed by atoms with E-state index in [4.69, 9.17) is 0 Å². The summed E-state index contributed by atoms with van der Waals surface area (Å²) in [5, 5.41) is 13.6. The molecular formula is C22H16BrN3O4S. The Morgan fingerprint density at radius 3 is 2.45 bits per heavy atom. The summed E-state index contributed by atoms with van der Waals surface area (Å²) in [6.45, 7) is 1.63. The normalized spacial score (nSPS) is 10.9. The molecule has 9 heteroatoms. The summed E-state index contributed by atoms with van der Waals surface area (Å²) >= 11 is 4.43. The van der Waals surface area contributed by atoms with E-state index < -0.39 is 17.4 Å². The number of rotatable bonds is 5. The molecule has 2 heterocycles. The first-order valence-corrected chi connectivity index (χ1v) is 10.9. The summed E-state index contributed by atoms with van der Waals surface area (Å²) in [7, 11) is 0. The van der Waals surface area contributed by atoms with E-state index in [0.717, 1.165) is 21.4 Å². The standard InChI is InChI=1S/C22H16BrN3O4S/c1-12-2-4-13(5-3-12)19-25-20-18(16(11-31-20)22(29)30)21(28)26(19)10-17(27)24-15-8-6-14(23)7-9-15/h2-9,11H,10H2,1H3,(H,24,27)(H,29,30). The quantitative estimate of drug-likeness (QED) is 0.421. The topological polar surface area (TPSA) is 101 Å². The van der Waals surface area contributed by atoms with Crippen LogP contribution in [0.2, 0.25) is 0 Å². The molecule has 7 nitrogen and oxygen atoms in total. The molecule has 2 aromatic carbocycles. The number of halogens is 1. The van der Waals surface area contributed by atoms with Crippen LogP contribution in [0.1, 0.15) is 15.9 Å². The van der Waals surface area contributed by atoms with Gasteiger partial charge in [-0.25, -0.2) is 9.78 Å². The van der Waals surface area contributed by atoms with Crippen molar-refractivity contribution in [3.63, 3.8) is 0 Å². The van der Waals surface area contributed by atoms with Crippen LogP contribution < -0.4 is 10.9 Å². The highest BCUT2D eigenvalue weighted by atomic mass is 79.9. The third-order valence-electron chi connectivity index (χ3n) is 4.66. The molecule has 0 aliphatic carbocycles. The van der Waals surface area contributed by atoms with Crippen molar-refractivity contribution >= 4 is 55.0 Å². The summed E-state index contributed by atoms with van der Waals surface area (Å²) in [5.74, 6) is -1.33. The van der Waals surface area contributed by atoms with Gasteiger partial charge in [-0.3, -0.25) is 14.2 Å². The first-order chi connectivity index (χ1) is 14.8. The molecule has 0 aliphatic heterocycles. The van der Waals surface area contributed by atoms with Crippen LogP contribution in [0.5, 0.6) is 0 Å². The van der Waals surface area contributed by atoms with Gasteiger partial charge in [0.05, 0.1) is 10.9 Å². The van der Waals surface area contributed by atoms with Gasteiger partial charge in [0, 0.05) is 21.1 Å². The Kier molecular flexibility index (Phi) is 5.71. The highest BCUT2D eigenvalue weighted by Gasteiger charge is 2.21. The van der Waals surface area contributed by atoms with Crippen molar-refractivity contribution in [1.29, 1.82) is 0 Å². The number of anilines is 1. The molecule has 0 atom stereocenters. The molecule has 2 aromatic heterocycles. The maximum atomic E-state index is 13.3. The lowest BCUT2D eigenvalue weighted by Crippen LogP contribution is -2.30. The number of carboxylic acids is 1. The van der Waals surface area contributed by atoms with Gasteiger partial charge in [-0.1, -0.05) is 45.8 Å². The fraction of sp³-hybridized carbons (Fsp3) is 0.0909. The van der Waals surface area contributed by atoms with Crippen LogP contribution in [0.3, 0.4) is 0 Å². The summed E-state index contributed by atoms with van der Waals surface area (Å²) < 4.78 is 2.09. The van der Waals surface area contributed by atoms with E-state index in [0.29, 0.717) is 21.9 Å². The molecule has 4 rings (SSSR count). The number of nitrogens with one attached hydrogen (secondary N) is 1. The molecule has 4 aromatic rings. The maximum Gasteiger partial charge on any atom is 0.337 e. The molecule has 0 spiro atoms. The molecule has 0 unspecified atom stereocenters. The Morgan fingerprint density at radius 2 is 1.81 bits per heavy atom. The van der Waals surface area contributed by atoms with E-state index in [-0.39, 0.29) is 17.5 Å². The molecule has 0 saturated carbocycles. The van der Waals surface area contributed by atoms with Crippen LogP contribution in [-0.2, 0) is 11.3 Å². The number of hydrogen-bond donors (Lipinski definition) is 2. The largest absolute Gasteiger partial charge is 0.478 e. The van der Waals surface area contributed by atoms with Crippen molar-refractivity contribution in [3.8, 4) is 11.4 Å². The minimum absolute atomic E-state index is 0.00445. The molecule has 0 bridgehead atoms. The Morgan fingerprint density at radius 1 is 1.13 bits per heavy atom. The van der Waals surface area contributed by atoms with E-state index in [9.17, 15) is 19.5 Å². The second-order valence-corrected chi connectivity index (χ2v) is 8.66. The molecule has 0 saturated heterocycles. The Labute approximate surface area is 189 Å². The van der Waals surface area contributed by atoms with Gasteiger partial charge in [-0.05, 0) is 31.2 Å². The smallest absolute Gasteiger partial charge is 0.337 e. The highest BCUT2D eigenvalue weighted by molar-refractivity contribution is 9.10. The number of aryl methyl sites for hydroxylation is 1. The fourth-order valence-electron chi connectivity index (χ4n) is 3.13. The molecule has 0 radical (unpaired) electrons. The van der Waals surface area contributed by atoms with E-state index >= 15 is 0 Å². The van der Waals surface area contributed by atoms with Crippen LogP contribution in [0.15, 0.2) is 63.2 Å². The van der Waals surface area contributed by atoms with Gasteiger partial charge in [0.25, 0.3) is 5.56 Å². The van der Waals surface area contributed by atoms with Gasteiger partial charge in [-0.2, -0.15) is 0 Å². The molecule has 0 fully saturated rings. The van der Waals surface area contributed by atoms with Crippen LogP contribution in [0.4, 0.5) is 5.69 Å².